The summed E-state index contributed by atoms with van der Waals surface area (Å²) in [6.45, 7) is 0. The Kier molecular flexibility index (Phi) is 4.52. The van der Waals surface area contributed by atoms with E-state index in [2.05, 4.69) is 19.7 Å². The number of ether oxygens (including phenoxy) is 1. The minimum Gasteiger partial charge on any atom is -0.451 e. The minimum absolute atomic E-state index is 0.0155. The number of hydrogen-bond donors (Lipinski definition) is 2. The predicted octanol–water partition coefficient (Wildman–Crippen LogP) is 1.24. The number of rotatable bonds is 2. The predicted molar refractivity (Wildman–Crippen MR) is 78.9 cm³/mol. The number of nitrogens with zero attached hydrogens (tertiary/aromatic N) is 4. The quantitative estimate of drug-likeness (QED) is 0.443. The van der Waals surface area contributed by atoms with Crippen molar-refractivity contribution in [2.75, 3.05) is 0 Å². The highest BCUT2D eigenvalue weighted by atomic mass is 35.5. The Morgan fingerprint density at radius 3 is 2.72 bits per heavy atom. The number of carbonyl (C=O) groups excluding carboxylic acids is 1. The van der Waals surface area contributed by atoms with Crippen LogP contribution < -0.4 is 5.73 Å². The van der Waals surface area contributed by atoms with Gasteiger partial charge in [0.2, 0.25) is 5.28 Å². The van der Waals surface area contributed by atoms with E-state index < -0.39 is 36.4 Å². The molecule has 4 atom stereocenters. The first-order valence-corrected chi connectivity index (χ1v) is 7.62. The molecule has 13 heteroatoms. The Hall–Kier alpha value is -1.69. The first kappa shape index (κ1) is 18.1. The zero-order valence-electron chi connectivity index (χ0n) is 12.1. The average Bonchev–Trinajstić information content (AvgIpc) is 3.02. The molecule has 1 saturated carbocycles. The number of imidazole rings is 1. The van der Waals surface area contributed by atoms with Crippen LogP contribution in [0.25, 0.3) is 11.2 Å². The molecule has 1 aliphatic rings. The Bertz CT molecular complexity index is 830. The first-order chi connectivity index (χ1) is 11.6. The maximum atomic E-state index is 12.5. The van der Waals surface area contributed by atoms with Gasteiger partial charge in [-0.25, -0.2) is 14.8 Å². The third kappa shape index (κ3) is 3.24. The molecule has 25 heavy (non-hydrogen) atoms. The number of carbonyl (C=O) groups is 1. The van der Waals surface area contributed by atoms with Crippen LogP contribution in [0.3, 0.4) is 0 Å². The van der Waals surface area contributed by atoms with Crippen molar-refractivity contribution >= 4 is 40.3 Å². The van der Waals surface area contributed by atoms with Gasteiger partial charge in [0, 0.05) is 6.04 Å². The highest BCUT2D eigenvalue weighted by molar-refractivity contribution is 6.35. The van der Waals surface area contributed by atoms with Crippen LogP contribution in [0.5, 0.6) is 0 Å². The van der Waals surface area contributed by atoms with E-state index in [4.69, 9.17) is 28.9 Å². The number of nitrogens with two attached hydrogens (primary N) is 1. The SMILES string of the molecule is N[C@H]1CC(n2cnc3c(Cl)nc(Cl)nc32)[C@H](OC(=O)C(F)(F)F)[C@@H]1O. The average molecular weight is 400 g/mol. The Morgan fingerprint density at radius 2 is 2.08 bits per heavy atom. The molecule has 1 unspecified atom stereocenters. The first-order valence-electron chi connectivity index (χ1n) is 6.86. The summed E-state index contributed by atoms with van der Waals surface area (Å²) >= 11 is 11.6. The molecule has 1 aliphatic carbocycles. The van der Waals surface area contributed by atoms with Crippen molar-refractivity contribution in [3.05, 3.63) is 16.8 Å². The summed E-state index contributed by atoms with van der Waals surface area (Å²) in [6.07, 6.45) is -7.01. The molecule has 1 fully saturated rings. The molecule has 3 N–H and O–H groups in total. The third-order valence-electron chi connectivity index (χ3n) is 3.85. The van der Waals surface area contributed by atoms with E-state index in [1.54, 1.807) is 0 Å². The van der Waals surface area contributed by atoms with E-state index in [0.29, 0.717) is 0 Å². The molecular formula is C12H10Cl2F3N5O3. The standard InChI is InChI=1S/C12H10Cl2F3N5O3/c13-8-5-9(21-11(14)20-8)22(2-19-5)4-1-3(18)6(23)7(4)25-10(24)12(15,16)17/h2-4,6-7,23H,1,18H2/t3-,4?,6+,7-/m0/s1. The number of aromatic nitrogens is 4. The van der Waals surface area contributed by atoms with Crippen molar-refractivity contribution in [3.63, 3.8) is 0 Å². The van der Waals surface area contributed by atoms with Crippen LogP contribution in [0.2, 0.25) is 10.4 Å². The Labute approximate surface area is 147 Å². The summed E-state index contributed by atoms with van der Waals surface area (Å²) in [5, 5.41) is 9.78. The Morgan fingerprint density at radius 1 is 1.40 bits per heavy atom. The molecule has 0 radical (unpaired) electrons. The van der Waals surface area contributed by atoms with Crippen LogP contribution in [0.4, 0.5) is 13.2 Å². The van der Waals surface area contributed by atoms with Gasteiger partial charge in [-0.3, -0.25) is 0 Å². The summed E-state index contributed by atoms with van der Waals surface area (Å²) in [5.74, 6) is -2.43. The number of hydrogen-bond acceptors (Lipinski definition) is 7. The van der Waals surface area contributed by atoms with Crippen molar-refractivity contribution in [2.24, 2.45) is 5.73 Å². The number of halogens is 5. The summed E-state index contributed by atoms with van der Waals surface area (Å²) in [6, 6.07) is -1.86. The molecule has 0 saturated heterocycles. The van der Waals surface area contributed by atoms with Crippen molar-refractivity contribution in [3.8, 4) is 0 Å². The lowest BCUT2D eigenvalue weighted by Crippen LogP contribution is -2.41. The molecule has 3 rings (SSSR count). The molecule has 0 amide bonds. The monoisotopic (exact) mass is 399 g/mol. The molecule has 0 spiro atoms. The summed E-state index contributed by atoms with van der Waals surface area (Å²) in [5.41, 5.74) is 5.98. The van der Waals surface area contributed by atoms with Crippen LogP contribution in [-0.4, -0.2) is 55.0 Å². The van der Waals surface area contributed by atoms with Crippen LogP contribution in [0, 0.1) is 0 Å². The molecule has 8 nitrogen and oxygen atoms in total. The van der Waals surface area contributed by atoms with E-state index in [-0.39, 0.29) is 28.0 Å². The molecule has 136 valence electrons. The van der Waals surface area contributed by atoms with Crippen LogP contribution in [0.15, 0.2) is 6.33 Å². The van der Waals surface area contributed by atoms with Gasteiger partial charge in [0.05, 0.1) is 12.4 Å². The second-order valence-electron chi connectivity index (χ2n) is 5.43. The second kappa shape index (κ2) is 6.24. The third-order valence-corrected chi connectivity index (χ3v) is 4.28. The van der Waals surface area contributed by atoms with E-state index in [0.717, 1.165) is 0 Å². The van der Waals surface area contributed by atoms with Gasteiger partial charge >= 0.3 is 12.1 Å². The van der Waals surface area contributed by atoms with Crippen molar-refractivity contribution in [2.45, 2.75) is 36.9 Å². The van der Waals surface area contributed by atoms with Gasteiger partial charge in [-0.1, -0.05) is 11.6 Å². The maximum Gasteiger partial charge on any atom is 0.490 e. The number of esters is 1. The highest BCUT2D eigenvalue weighted by Gasteiger charge is 2.50. The number of alkyl halides is 3. The van der Waals surface area contributed by atoms with Crippen LogP contribution in [-0.2, 0) is 9.53 Å². The summed E-state index contributed by atoms with van der Waals surface area (Å²) < 4.78 is 43.2. The van der Waals surface area contributed by atoms with Gasteiger partial charge in [-0.15, -0.1) is 0 Å². The van der Waals surface area contributed by atoms with Gasteiger partial charge in [-0.2, -0.15) is 18.2 Å². The zero-order valence-corrected chi connectivity index (χ0v) is 13.6. The smallest absolute Gasteiger partial charge is 0.451 e. The molecule has 2 aromatic heterocycles. The summed E-state index contributed by atoms with van der Waals surface area (Å²) in [7, 11) is 0. The van der Waals surface area contributed by atoms with Gasteiger partial charge in [0.1, 0.15) is 11.6 Å². The van der Waals surface area contributed by atoms with E-state index in [9.17, 15) is 23.1 Å². The molecule has 0 aliphatic heterocycles. The number of fused-ring (bicyclic) bond motifs is 1. The van der Waals surface area contributed by atoms with E-state index >= 15 is 0 Å². The Balaban J connectivity index is 2.01. The molecular weight excluding hydrogens is 390 g/mol. The van der Waals surface area contributed by atoms with Gasteiger partial charge in [0.25, 0.3) is 0 Å². The lowest BCUT2D eigenvalue weighted by Gasteiger charge is -2.24. The highest BCUT2D eigenvalue weighted by Crippen LogP contribution is 2.36. The fourth-order valence-corrected chi connectivity index (χ4v) is 3.16. The van der Waals surface area contributed by atoms with Crippen molar-refractivity contribution in [1.82, 2.24) is 19.5 Å². The lowest BCUT2D eigenvalue weighted by atomic mass is 10.2. The molecule has 0 bridgehead atoms. The van der Waals surface area contributed by atoms with Crippen molar-refractivity contribution in [1.29, 1.82) is 0 Å². The van der Waals surface area contributed by atoms with Gasteiger partial charge in [0.15, 0.2) is 16.9 Å². The van der Waals surface area contributed by atoms with Gasteiger partial charge < -0.3 is 20.1 Å². The number of aliphatic hydroxyl groups excluding tert-OH is 1. The summed E-state index contributed by atoms with van der Waals surface area (Å²) in [4.78, 5) is 22.8. The van der Waals surface area contributed by atoms with Crippen LogP contribution >= 0.6 is 23.2 Å². The topological polar surface area (TPSA) is 116 Å². The largest absolute Gasteiger partial charge is 0.490 e. The van der Waals surface area contributed by atoms with Crippen LogP contribution in [0.1, 0.15) is 12.5 Å². The van der Waals surface area contributed by atoms with E-state index in [1.165, 1.54) is 10.9 Å². The molecule has 0 aromatic carbocycles. The zero-order chi connectivity index (χ0) is 18.5. The normalized spacial score (nSPS) is 27.0. The maximum absolute atomic E-state index is 12.5. The van der Waals surface area contributed by atoms with E-state index in [1.807, 2.05) is 0 Å². The number of aliphatic hydroxyl groups is 1. The molecule has 2 heterocycles. The minimum atomic E-state index is -5.21. The lowest BCUT2D eigenvalue weighted by molar-refractivity contribution is -0.209. The fraction of sp³-hybridized carbons (Fsp3) is 0.500. The fourth-order valence-electron chi connectivity index (χ4n) is 2.73. The van der Waals surface area contributed by atoms with Crippen molar-refractivity contribution < 1.29 is 27.8 Å². The second-order valence-corrected chi connectivity index (χ2v) is 6.13. The molecule has 2 aromatic rings. The van der Waals surface area contributed by atoms with Gasteiger partial charge in [-0.05, 0) is 18.0 Å².